The summed E-state index contributed by atoms with van der Waals surface area (Å²) in [6.45, 7) is 4.39. The van der Waals surface area contributed by atoms with E-state index in [-0.39, 0.29) is 0 Å². The van der Waals surface area contributed by atoms with Gasteiger partial charge in [-0.25, -0.2) is 0 Å². The molecule has 0 bridgehead atoms. The molecule has 0 atom stereocenters. The molecule has 0 aliphatic heterocycles. The number of hydrogen-bond acceptors (Lipinski definition) is 0. The summed E-state index contributed by atoms with van der Waals surface area (Å²) in [6.07, 6.45) is 17.6. The van der Waals surface area contributed by atoms with Crippen LogP contribution in [0.4, 0.5) is 0 Å². The van der Waals surface area contributed by atoms with E-state index in [2.05, 4.69) is 32.4 Å². The predicted molar refractivity (Wildman–Crippen MR) is 61.7 cm³/mol. The van der Waals surface area contributed by atoms with Crippen LogP contribution in [0.2, 0.25) is 0 Å². The molecule has 0 fully saturated rings. The molecule has 0 heteroatoms. The molecular formula is C13H25. The molecule has 0 nitrogen and oxygen atoms in total. The molecule has 77 valence electrons. The van der Waals surface area contributed by atoms with Crippen LogP contribution in [0.25, 0.3) is 0 Å². The Labute approximate surface area is 84.4 Å². The van der Waals surface area contributed by atoms with Crippen LogP contribution in [0, 0.1) is 6.42 Å². The fourth-order valence-electron chi connectivity index (χ4n) is 1.35. The summed E-state index contributed by atoms with van der Waals surface area (Å²) in [6, 6.07) is 0. The van der Waals surface area contributed by atoms with Crippen LogP contribution >= 0.6 is 0 Å². The highest BCUT2D eigenvalue weighted by molar-refractivity contribution is 4.81. The SMILES string of the molecule is C[CH]CCCCCC=CCCCC. The zero-order valence-corrected chi connectivity index (χ0v) is 9.39. The Bertz CT molecular complexity index is 103. The minimum absolute atomic E-state index is 1.28. The first-order valence-corrected chi connectivity index (χ1v) is 5.84. The fourth-order valence-corrected chi connectivity index (χ4v) is 1.35. The molecule has 0 saturated carbocycles. The molecule has 0 saturated heterocycles. The molecule has 0 aromatic carbocycles. The topological polar surface area (TPSA) is 0 Å². The van der Waals surface area contributed by atoms with Crippen molar-refractivity contribution >= 4 is 0 Å². The van der Waals surface area contributed by atoms with Crippen LogP contribution in [-0.2, 0) is 0 Å². The Morgan fingerprint density at radius 2 is 1.38 bits per heavy atom. The lowest BCUT2D eigenvalue weighted by molar-refractivity contribution is 0.680. The van der Waals surface area contributed by atoms with Crippen LogP contribution in [0.5, 0.6) is 0 Å². The van der Waals surface area contributed by atoms with E-state index in [9.17, 15) is 0 Å². The molecule has 0 aromatic heterocycles. The van der Waals surface area contributed by atoms with Gasteiger partial charge in [-0.2, -0.15) is 0 Å². The Kier molecular flexibility index (Phi) is 11.5. The first-order chi connectivity index (χ1) is 6.41. The molecule has 1 radical (unpaired) electrons. The maximum absolute atomic E-state index is 2.35. The van der Waals surface area contributed by atoms with E-state index in [1.54, 1.807) is 0 Å². The van der Waals surface area contributed by atoms with Gasteiger partial charge in [0.15, 0.2) is 0 Å². The van der Waals surface area contributed by atoms with Crippen LogP contribution in [0.15, 0.2) is 12.2 Å². The van der Waals surface area contributed by atoms with E-state index in [1.807, 2.05) is 0 Å². The van der Waals surface area contributed by atoms with Crippen molar-refractivity contribution in [3.05, 3.63) is 18.6 Å². The maximum atomic E-state index is 2.35. The highest BCUT2D eigenvalue weighted by atomic mass is 13.9. The number of rotatable bonds is 9. The third-order valence-corrected chi connectivity index (χ3v) is 2.25. The molecule has 0 amide bonds. The van der Waals surface area contributed by atoms with E-state index in [4.69, 9.17) is 0 Å². The predicted octanol–water partition coefficient (Wildman–Crippen LogP) is 4.91. The molecule has 0 spiro atoms. The standard InChI is InChI=1S/C13H25/c1-3-5-7-9-11-13-12-10-8-6-4-2/h3,10,12H,4-9,11,13H2,1-2H3. The summed E-state index contributed by atoms with van der Waals surface area (Å²) in [5, 5.41) is 0. The van der Waals surface area contributed by atoms with Gasteiger partial charge >= 0.3 is 0 Å². The number of allylic oxidation sites excluding steroid dienone is 2. The lowest BCUT2D eigenvalue weighted by Crippen LogP contribution is -1.76. The van der Waals surface area contributed by atoms with Crippen LogP contribution in [0.3, 0.4) is 0 Å². The van der Waals surface area contributed by atoms with Crippen molar-refractivity contribution in [2.45, 2.75) is 65.2 Å². The highest BCUT2D eigenvalue weighted by Crippen LogP contribution is 2.05. The average molecular weight is 181 g/mol. The van der Waals surface area contributed by atoms with Crippen molar-refractivity contribution in [2.75, 3.05) is 0 Å². The van der Waals surface area contributed by atoms with Crippen molar-refractivity contribution in [1.82, 2.24) is 0 Å². The van der Waals surface area contributed by atoms with Gasteiger partial charge in [-0.05, 0) is 25.7 Å². The van der Waals surface area contributed by atoms with Crippen molar-refractivity contribution in [1.29, 1.82) is 0 Å². The largest absolute Gasteiger partial charge is 0.0885 e. The summed E-state index contributed by atoms with van der Waals surface area (Å²) >= 11 is 0. The molecule has 0 rings (SSSR count). The maximum Gasteiger partial charge on any atom is -0.0351 e. The zero-order chi connectivity index (χ0) is 9.78. The quantitative estimate of drug-likeness (QED) is 0.350. The summed E-state index contributed by atoms with van der Waals surface area (Å²) in [5.41, 5.74) is 0. The van der Waals surface area contributed by atoms with Gasteiger partial charge in [0.2, 0.25) is 0 Å². The normalized spacial score (nSPS) is 11.2. The third-order valence-electron chi connectivity index (χ3n) is 2.25. The Balaban J connectivity index is 2.93. The Morgan fingerprint density at radius 1 is 0.769 bits per heavy atom. The zero-order valence-electron chi connectivity index (χ0n) is 9.39. The molecule has 0 aromatic rings. The van der Waals surface area contributed by atoms with E-state index >= 15 is 0 Å². The average Bonchev–Trinajstić information content (AvgIpc) is 2.16. The summed E-state index contributed by atoms with van der Waals surface area (Å²) in [5.74, 6) is 0. The van der Waals surface area contributed by atoms with Gasteiger partial charge in [-0.1, -0.05) is 58.1 Å². The smallest absolute Gasteiger partial charge is 0.0351 e. The van der Waals surface area contributed by atoms with Gasteiger partial charge in [-0.3, -0.25) is 0 Å². The first kappa shape index (κ1) is 12.7. The van der Waals surface area contributed by atoms with Gasteiger partial charge in [0, 0.05) is 0 Å². The molecule has 13 heavy (non-hydrogen) atoms. The second-order valence-corrected chi connectivity index (χ2v) is 3.66. The molecular weight excluding hydrogens is 156 g/mol. The summed E-state index contributed by atoms with van der Waals surface area (Å²) in [4.78, 5) is 0. The van der Waals surface area contributed by atoms with E-state index < -0.39 is 0 Å². The van der Waals surface area contributed by atoms with Gasteiger partial charge < -0.3 is 0 Å². The highest BCUT2D eigenvalue weighted by Gasteiger charge is 1.86. The Hall–Kier alpha value is -0.260. The van der Waals surface area contributed by atoms with Gasteiger partial charge in [0.25, 0.3) is 0 Å². The number of unbranched alkanes of at least 4 members (excludes halogenated alkanes) is 7. The van der Waals surface area contributed by atoms with E-state index in [0.29, 0.717) is 0 Å². The van der Waals surface area contributed by atoms with Crippen molar-refractivity contribution in [3.8, 4) is 0 Å². The monoisotopic (exact) mass is 181 g/mol. The lowest BCUT2D eigenvalue weighted by Gasteiger charge is -1.95. The lowest BCUT2D eigenvalue weighted by atomic mass is 10.1. The fraction of sp³-hybridized carbons (Fsp3) is 0.769. The first-order valence-electron chi connectivity index (χ1n) is 5.84. The van der Waals surface area contributed by atoms with Crippen molar-refractivity contribution < 1.29 is 0 Å². The summed E-state index contributed by atoms with van der Waals surface area (Å²) < 4.78 is 0. The number of hydrogen-bond donors (Lipinski definition) is 0. The van der Waals surface area contributed by atoms with Gasteiger partial charge in [0.1, 0.15) is 0 Å². The molecule has 0 N–H and O–H groups in total. The van der Waals surface area contributed by atoms with Crippen molar-refractivity contribution in [3.63, 3.8) is 0 Å². The minimum atomic E-state index is 1.28. The summed E-state index contributed by atoms with van der Waals surface area (Å²) in [7, 11) is 0. The minimum Gasteiger partial charge on any atom is -0.0885 e. The molecule has 0 heterocycles. The van der Waals surface area contributed by atoms with Gasteiger partial charge in [0.05, 0.1) is 0 Å². The van der Waals surface area contributed by atoms with Crippen LogP contribution in [0.1, 0.15) is 65.2 Å². The second-order valence-electron chi connectivity index (χ2n) is 3.66. The third kappa shape index (κ3) is 11.7. The van der Waals surface area contributed by atoms with Gasteiger partial charge in [-0.15, -0.1) is 0 Å². The molecule has 0 aliphatic rings. The van der Waals surface area contributed by atoms with Crippen LogP contribution in [-0.4, -0.2) is 0 Å². The van der Waals surface area contributed by atoms with E-state index in [0.717, 1.165) is 0 Å². The van der Waals surface area contributed by atoms with E-state index in [1.165, 1.54) is 51.4 Å². The van der Waals surface area contributed by atoms with Crippen molar-refractivity contribution in [2.24, 2.45) is 0 Å². The molecule has 0 unspecified atom stereocenters. The Morgan fingerprint density at radius 3 is 2.00 bits per heavy atom. The second kappa shape index (κ2) is 11.7. The molecule has 0 aliphatic carbocycles. The van der Waals surface area contributed by atoms with Crippen LogP contribution < -0.4 is 0 Å².